The maximum Gasteiger partial charge on any atom is 0.337 e. The van der Waals surface area contributed by atoms with Gasteiger partial charge in [-0.1, -0.05) is 17.7 Å². The summed E-state index contributed by atoms with van der Waals surface area (Å²) in [6.07, 6.45) is 4.74. The minimum Gasteiger partial charge on any atom is -0.465 e. The second-order valence-electron chi connectivity index (χ2n) is 4.77. The molecule has 2 rings (SSSR count). The Bertz CT molecular complexity index is 777. The first-order chi connectivity index (χ1) is 11.5. The molecule has 0 spiro atoms. The highest BCUT2D eigenvalue weighted by Crippen LogP contribution is 2.24. The van der Waals surface area contributed by atoms with Gasteiger partial charge in [0.15, 0.2) is 0 Å². The number of rotatable bonds is 6. The van der Waals surface area contributed by atoms with Crippen molar-refractivity contribution in [3.8, 4) is 0 Å². The van der Waals surface area contributed by atoms with Crippen LogP contribution >= 0.6 is 11.6 Å². The van der Waals surface area contributed by atoms with Crippen LogP contribution in [0.4, 0.5) is 11.4 Å². The van der Waals surface area contributed by atoms with E-state index < -0.39 is 11.9 Å². The maximum absolute atomic E-state index is 12.4. The number of halogens is 1. The van der Waals surface area contributed by atoms with Crippen molar-refractivity contribution < 1.29 is 14.3 Å². The minimum absolute atomic E-state index is 0.289. The summed E-state index contributed by atoms with van der Waals surface area (Å²) in [5.74, 6) is -0.909. The SMILES string of the molecule is C=CCNc1cncc(C(=O)Nc2cc(C(=O)OC)ccc2Cl)c1. The second kappa shape index (κ2) is 8.12. The number of nitrogens with zero attached hydrogens (tertiary/aromatic N) is 1. The van der Waals surface area contributed by atoms with E-state index in [-0.39, 0.29) is 5.56 Å². The van der Waals surface area contributed by atoms with E-state index in [4.69, 9.17) is 11.6 Å². The molecule has 124 valence electrons. The van der Waals surface area contributed by atoms with E-state index in [1.54, 1.807) is 18.3 Å². The number of nitrogens with one attached hydrogen (secondary N) is 2. The molecule has 0 bridgehead atoms. The fourth-order valence-corrected chi connectivity index (χ4v) is 2.08. The Balaban J connectivity index is 2.20. The summed E-state index contributed by atoms with van der Waals surface area (Å²) in [4.78, 5) is 28.0. The molecule has 0 aliphatic carbocycles. The lowest BCUT2D eigenvalue weighted by Crippen LogP contribution is -2.14. The molecular weight excluding hydrogens is 330 g/mol. The first-order valence-corrected chi connectivity index (χ1v) is 7.42. The molecule has 1 amide bonds. The van der Waals surface area contributed by atoms with Gasteiger partial charge in [0.2, 0.25) is 0 Å². The molecule has 6 nitrogen and oxygen atoms in total. The molecule has 0 unspecified atom stereocenters. The molecule has 1 heterocycles. The van der Waals surface area contributed by atoms with E-state index in [1.165, 1.54) is 31.5 Å². The molecule has 0 atom stereocenters. The van der Waals surface area contributed by atoms with Gasteiger partial charge in [-0.25, -0.2) is 4.79 Å². The third kappa shape index (κ3) is 4.33. The molecule has 1 aromatic carbocycles. The Morgan fingerprint density at radius 2 is 2.08 bits per heavy atom. The summed E-state index contributed by atoms with van der Waals surface area (Å²) in [5.41, 5.74) is 1.64. The second-order valence-corrected chi connectivity index (χ2v) is 5.18. The zero-order valence-electron chi connectivity index (χ0n) is 13.0. The van der Waals surface area contributed by atoms with Crippen molar-refractivity contribution in [3.63, 3.8) is 0 Å². The number of hydrogen-bond donors (Lipinski definition) is 2. The lowest BCUT2D eigenvalue weighted by molar-refractivity contribution is 0.0600. The number of esters is 1. The first kappa shape index (κ1) is 17.5. The van der Waals surface area contributed by atoms with Gasteiger partial charge in [0.1, 0.15) is 0 Å². The lowest BCUT2D eigenvalue weighted by Gasteiger charge is -2.10. The number of aromatic nitrogens is 1. The van der Waals surface area contributed by atoms with E-state index >= 15 is 0 Å². The molecule has 0 saturated carbocycles. The van der Waals surface area contributed by atoms with Crippen LogP contribution in [0, 0.1) is 0 Å². The topological polar surface area (TPSA) is 80.3 Å². The molecule has 0 aliphatic rings. The van der Waals surface area contributed by atoms with Crippen LogP contribution in [0.1, 0.15) is 20.7 Å². The van der Waals surface area contributed by atoms with Crippen LogP contribution in [0.3, 0.4) is 0 Å². The molecule has 24 heavy (non-hydrogen) atoms. The minimum atomic E-state index is -0.514. The summed E-state index contributed by atoms with van der Waals surface area (Å²) < 4.78 is 4.65. The van der Waals surface area contributed by atoms with Crippen molar-refractivity contribution in [2.24, 2.45) is 0 Å². The molecule has 0 aliphatic heterocycles. The van der Waals surface area contributed by atoms with Crippen molar-refractivity contribution in [1.82, 2.24) is 4.98 Å². The molecular formula is C17H16ClN3O3. The number of carbonyl (C=O) groups is 2. The van der Waals surface area contributed by atoms with E-state index in [2.05, 4.69) is 26.9 Å². The van der Waals surface area contributed by atoms with Gasteiger partial charge in [0, 0.05) is 18.9 Å². The average Bonchev–Trinajstić information content (AvgIpc) is 2.61. The smallest absolute Gasteiger partial charge is 0.337 e. The van der Waals surface area contributed by atoms with Gasteiger partial charge in [-0.2, -0.15) is 0 Å². The fourth-order valence-electron chi connectivity index (χ4n) is 1.91. The van der Waals surface area contributed by atoms with Crippen molar-refractivity contribution in [3.05, 3.63) is 65.5 Å². The van der Waals surface area contributed by atoms with Gasteiger partial charge >= 0.3 is 5.97 Å². The highest BCUT2D eigenvalue weighted by Gasteiger charge is 2.13. The van der Waals surface area contributed by atoms with Gasteiger partial charge in [-0.3, -0.25) is 9.78 Å². The Kier molecular flexibility index (Phi) is 5.92. The Morgan fingerprint density at radius 1 is 1.29 bits per heavy atom. The number of amides is 1. The maximum atomic E-state index is 12.4. The van der Waals surface area contributed by atoms with Crippen LogP contribution in [0.15, 0.2) is 49.3 Å². The summed E-state index contributed by atoms with van der Waals surface area (Å²) in [5, 5.41) is 6.02. The Labute approximate surface area is 144 Å². The van der Waals surface area contributed by atoms with Gasteiger partial charge in [0.05, 0.1) is 34.6 Å². The van der Waals surface area contributed by atoms with E-state index in [0.29, 0.717) is 28.5 Å². The lowest BCUT2D eigenvalue weighted by atomic mass is 10.2. The Hall–Kier alpha value is -2.86. The number of pyridine rings is 1. The van der Waals surface area contributed by atoms with Crippen LogP contribution in [0.5, 0.6) is 0 Å². The molecule has 7 heteroatoms. The molecule has 2 N–H and O–H groups in total. The Morgan fingerprint density at radius 3 is 2.79 bits per heavy atom. The van der Waals surface area contributed by atoms with E-state index in [1.807, 2.05) is 0 Å². The van der Waals surface area contributed by atoms with Crippen LogP contribution in [-0.2, 0) is 4.74 Å². The summed E-state index contributed by atoms with van der Waals surface area (Å²) in [6, 6.07) is 6.15. The molecule has 0 radical (unpaired) electrons. The number of hydrogen-bond acceptors (Lipinski definition) is 5. The summed E-state index contributed by atoms with van der Waals surface area (Å²) in [6.45, 7) is 4.17. The number of ether oxygens (including phenoxy) is 1. The monoisotopic (exact) mass is 345 g/mol. The molecule has 2 aromatic rings. The molecule has 1 aromatic heterocycles. The quantitative estimate of drug-likeness (QED) is 0.619. The fraction of sp³-hybridized carbons (Fsp3) is 0.118. The summed E-state index contributed by atoms with van der Waals surface area (Å²) in [7, 11) is 1.28. The van der Waals surface area contributed by atoms with Crippen molar-refractivity contribution in [2.75, 3.05) is 24.3 Å². The molecule has 0 fully saturated rings. The summed E-state index contributed by atoms with van der Waals surface area (Å²) >= 11 is 6.07. The number of benzene rings is 1. The number of carbonyl (C=O) groups excluding carboxylic acids is 2. The van der Waals surface area contributed by atoms with Crippen molar-refractivity contribution in [2.45, 2.75) is 0 Å². The van der Waals surface area contributed by atoms with Crippen LogP contribution < -0.4 is 10.6 Å². The number of anilines is 2. The van der Waals surface area contributed by atoms with E-state index in [9.17, 15) is 9.59 Å². The van der Waals surface area contributed by atoms with Gasteiger partial charge < -0.3 is 15.4 Å². The molecule has 0 saturated heterocycles. The highest BCUT2D eigenvalue weighted by atomic mass is 35.5. The standard InChI is InChI=1S/C17H16ClN3O3/c1-3-6-20-13-7-12(9-19-10-13)16(22)21-15-8-11(17(23)24-2)4-5-14(15)18/h3-5,7-10,20H,1,6H2,2H3,(H,21,22). The predicted molar refractivity (Wildman–Crippen MR) is 93.7 cm³/mol. The highest BCUT2D eigenvalue weighted by molar-refractivity contribution is 6.34. The zero-order valence-corrected chi connectivity index (χ0v) is 13.8. The van der Waals surface area contributed by atoms with Gasteiger partial charge in [0.25, 0.3) is 5.91 Å². The van der Waals surface area contributed by atoms with Crippen LogP contribution in [0.25, 0.3) is 0 Å². The average molecular weight is 346 g/mol. The third-order valence-corrected chi connectivity index (χ3v) is 3.42. The number of methoxy groups -OCH3 is 1. The van der Waals surface area contributed by atoms with Gasteiger partial charge in [-0.15, -0.1) is 6.58 Å². The van der Waals surface area contributed by atoms with Crippen molar-refractivity contribution in [1.29, 1.82) is 0 Å². The first-order valence-electron chi connectivity index (χ1n) is 7.04. The van der Waals surface area contributed by atoms with Crippen LogP contribution in [-0.4, -0.2) is 30.5 Å². The van der Waals surface area contributed by atoms with Gasteiger partial charge in [-0.05, 0) is 24.3 Å². The zero-order chi connectivity index (χ0) is 17.5. The third-order valence-electron chi connectivity index (χ3n) is 3.09. The predicted octanol–water partition coefficient (Wildman–Crippen LogP) is 3.37. The van der Waals surface area contributed by atoms with Crippen LogP contribution in [0.2, 0.25) is 5.02 Å². The largest absolute Gasteiger partial charge is 0.465 e. The van der Waals surface area contributed by atoms with E-state index in [0.717, 1.165) is 0 Å². The van der Waals surface area contributed by atoms with Crippen molar-refractivity contribution >= 4 is 34.9 Å². The normalized spacial score (nSPS) is 9.92.